The Kier molecular flexibility index (Phi) is 6.04. The number of thioether (sulfide) groups is 1. The molecule has 1 N–H and O–H groups in total. The molecule has 0 unspecified atom stereocenters. The smallest absolute Gasteiger partial charge is 0.223 e. The first-order chi connectivity index (χ1) is 15.7. The number of nitrogens with one attached hydrogen (secondary N) is 1. The van der Waals surface area contributed by atoms with Crippen LogP contribution in [-0.2, 0) is 11.2 Å². The number of piperidine rings is 1. The average Bonchev–Trinajstić information content (AvgIpc) is 3.34. The second kappa shape index (κ2) is 9.25. The maximum absolute atomic E-state index is 12.7. The molecule has 0 bridgehead atoms. The minimum atomic E-state index is 0.0772. The molecule has 0 spiro atoms. The maximum Gasteiger partial charge on any atom is 0.223 e. The van der Waals surface area contributed by atoms with E-state index in [2.05, 4.69) is 75.6 Å². The summed E-state index contributed by atoms with van der Waals surface area (Å²) in [6.45, 7) is 2.38. The molecule has 1 aliphatic rings. The highest BCUT2D eigenvalue weighted by Gasteiger charge is 2.26. The van der Waals surface area contributed by atoms with Gasteiger partial charge < -0.3 is 14.6 Å². The van der Waals surface area contributed by atoms with Crippen LogP contribution in [0.1, 0.15) is 18.4 Å². The number of anilines is 1. The molecule has 1 aliphatic heterocycles. The van der Waals surface area contributed by atoms with E-state index in [0.717, 1.165) is 54.7 Å². The molecule has 0 saturated carbocycles. The van der Waals surface area contributed by atoms with Crippen molar-refractivity contribution in [2.24, 2.45) is 5.92 Å². The van der Waals surface area contributed by atoms with Crippen molar-refractivity contribution in [2.75, 3.05) is 30.8 Å². The summed E-state index contributed by atoms with van der Waals surface area (Å²) >= 11 is 1.75. The molecule has 32 heavy (non-hydrogen) atoms. The molecule has 2 aromatic carbocycles. The average molecular weight is 445 g/mol. The van der Waals surface area contributed by atoms with Crippen LogP contribution in [0.2, 0.25) is 0 Å². The fourth-order valence-corrected chi connectivity index (χ4v) is 4.97. The lowest BCUT2D eigenvalue weighted by atomic mass is 9.95. The lowest BCUT2D eigenvalue weighted by Crippen LogP contribution is -2.41. The quantitative estimate of drug-likeness (QED) is 0.435. The first-order valence-corrected chi connectivity index (χ1v) is 12.5. The fraction of sp³-hybridized carbons (Fsp3) is 0.308. The van der Waals surface area contributed by atoms with Gasteiger partial charge in [-0.05, 0) is 67.5 Å². The third-order valence-corrected chi connectivity index (χ3v) is 7.13. The number of hydrogen-bond donors (Lipinski definition) is 1. The van der Waals surface area contributed by atoms with E-state index in [0.29, 0.717) is 6.54 Å². The molecule has 0 aliphatic carbocycles. The van der Waals surface area contributed by atoms with E-state index in [4.69, 9.17) is 4.98 Å². The van der Waals surface area contributed by atoms with E-state index in [1.807, 2.05) is 12.1 Å². The fourth-order valence-electron chi connectivity index (χ4n) is 4.56. The number of nitrogens with zero attached hydrogens (tertiary/aromatic N) is 3. The summed E-state index contributed by atoms with van der Waals surface area (Å²) in [5.74, 6) is 1.28. The van der Waals surface area contributed by atoms with Crippen LogP contribution in [0.4, 0.5) is 5.82 Å². The van der Waals surface area contributed by atoms with Gasteiger partial charge >= 0.3 is 0 Å². The number of fused-ring (bicyclic) bond motifs is 3. The molecule has 1 amide bonds. The van der Waals surface area contributed by atoms with Gasteiger partial charge in [0.15, 0.2) is 5.82 Å². The van der Waals surface area contributed by atoms with E-state index in [1.54, 1.807) is 11.8 Å². The molecular formula is C26H28N4OS. The molecule has 5 rings (SSSR count). The number of carbonyl (C=O) groups is 1. The van der Waals surface area contributed by atoms with Crippen molar-refractivity contribution >= 4 is 40.0 Å². The molecule has 6 heteroatoms. The zero-order valence-corrected chi connectivity index (χ0v) is 19.1. The summed E-state index contributed by atoms with van der Waals surface area (Å²) in [7, 11) is 0. The minimum Gasteiger partial charge on any atom is -0.356 e. The number of para-hydroxylation sites is 2. The van der Waals surface area contributed by atoms with Crippen LogP contribution in [0, 0.1) is 5.92 Å². The highest BCUT2D eigenvalue weighted by Crippen LogP contribution is 2.29. The van der Waals surface area contributed by atoms with Gasteiger partial charge in [-0.2, -0.15) is 0 Å². The van der Waals surface area contributed by atoms with Crippen LogP contribution < -0.4 is 10.2 Å². The van der Waals surface area contributed by atoms with Gasteiger partial charge in [0, 0.05) is 36.6 Å². The van der Waals surface area contributed by atoms with Crippen molar-refractivity contribution in [1.29, 1.82) is 0 Å². The Morgan fingerprint density at radius 1 is 1.03 bits per heavy atom. The Bertz CT molecular complexity index is 1230. The Hall–Kier alpha value is -2.99. The van der Waals surface area contributed by atoms with E-state index in [9.17, 15) is 4.79 Å². The molecule has 0 radical (unpaired) electrons. The Labute approximate surface area is 192 Å². The van der Waals surface area contributed by atoms with Crippen molar-refractivity contribution in [3.05, 3.63) is 72.4 Å². The van der Waals surface area contributed by atoms with Crippen LogP contribution in [0.25, 0.3) is 16.6 Å². The van der Waals surface area contributed by atoms with Crippen LogP contribution in [0.5, 0.6) is 0 Å². The molecule has 0 atom stereocenters. The maximum atomic E-state index is 12.7. The zero-order valence-electron chi connectivity index (χ0n) is 18.3. The second-order valence-electron chi connectivity index (χ2n) is 8.34. The van der Waals surface area contributed by atoms with Crippen LogP contribution in [0.15, 0.2) is 71.8 Å². The standard InChI is InChI=1S/C26H28N4OS/c1-32-21-10-8-19(9-11-21)12-15-27-26(31)20-13-17-29(18-14-20)25-24-7-4-16-30(24)23-6-3-2-5-22(23)28-25/h2-11,16,20H,12-15,17-18H2,1H3,(H,27,31). The van der Waals surface area contributed by atoms with E-state index in [-0.39, 0.29) is 11.8 Å². The van der Waals surface area contributed by atoms with Crippen molar-refractivity contribution < 1.29 is 4.79 Å². The second-order valence-corrected chi connectivity index (χ2v) is 9.22. The normalized spacial score (nSPS) is 14.8. The van der Waals surface area contributed by atoms with E-state index < -0.39 is 0 Å². The summed E-state index contributed by atoms with van der Waals surface area (Å²) < 4.78 is 2.21. The van der Waals surface area contributed by atoms with Gasteiger partial charge in [0.1, 0.15) is 0 Å². The predicted octanol–water partition coefficient (Wildman–Crippen LogP) is 4.78. The molecule has 5 nitrogen and oxygen atoms in total. The van der Waals surface area contributed by atoms with Gasteiger partial charge in [-0.25, -0.2) is 4.98 Å². The van der Waals surface area contributed by atoms with Gasteiger partial charge in [0.05, 0.1) is 16.6 Å². The zero-order chi connectivity index (χ0) is 21.9. The van der Waals surface area contributed by atoms with Crippen LogP contribution >= 0.6 is 11.8 Å². The first-order valence-electron chi connectivity index (χ1n) is 11.2. The molecule has 1 fully saturated rings. The molecule has 4 aromatic rings. The summed E-state index contributed by atoms with van der Waals surface area (Å²) in [6, 6.07) is 21.0. The van der Waals surface area contributed by atoms with Gasteiger partial charge in [0.25, 0.3) is 0 Å². The lowest BCUT2D eigenvalue weighted by Gasteiger charge is -2.32. The monoisotopic (exact) mass is 444 g/mol. The predicted molar refractivity (Wildman–Crippen MR) is 133 cm³/mol. The Morgan fingerprint density at radius 2 is 1.78 bits per heavy atom. The summed E-state index contributed by atoms with van der Waals surface area (Å²) in [6.07, 6.45) is 6.76. The SMILES string of the molecule is CSc1ccc(CCNC(=O)C2CCN(c3nc4ccccc4n4cccc34)CC2)cc1. The number of carbonyl (C=O) groups excluding carboxylic acids is 1. The van der Waals surface area contributed by atoms with Crippen molar-refractivity contribution in [3.8, 4) is 0 Å². The molecule has 2 aromatic heterocycles. The topological polar surface area (TPSA) is 49.6 Å². The first kappa shape index (κ1) is 20.9. The van der Waals surface area contributed by atoms with Crippen molar-refractivity contribution in [3.63, 3.8) is 0 Å². The lowest BCUT2D eigenvalue weighted by molar-refractivity contribution is -0.125. The number of amides is 1. The van der Waals surface area contributed by atoms with Gasteiger partial charge in [-0.3, -0.25) is 4.79 Å². The van der Waals surface area contributed by atoms with Crippen LogP contribution in [-0.4, -0.2) is 41.2 Å². The number of rotatable bonds is 6. The Morgan fingerprint density at radius 3 is 2.56 bits per heavy atom. The molecule has 3 heterocycles. The van der Waals surface area contributed by atoms with Crippen molar-refractivity contribution in [2.45, 2.75) is 24.2 Å². The summed E-state index contributed by atoms with van der Waals surface area (Å²) in [5, 5.41) is 3.15. The van der Waals surface area contributed by atoms with Gasteiger partial charge in [0.2, 0.25) is 5.91 Å². The highest BCUT2D eigenvalue weighted by molar-refractivity contribution is 7.98. The van der Waals surface area contributed by atoms with Crippen molar-refractivity contribution in [1.82, 2.24) is 14.7 Å². The van der Waals surface area contributed by atoms with Gasteiger partial charge in [-0.15, -0.1) is 11.8 Å². The summed E-state index contributed by atoms with van der Waals surface area (Å²) in [4.78, 5) is 21.3. The van der Waals surface area contributed by atoms with E-state index >= 15 is 0 Å². The minimum absolute atomic E-state index is 0.0772. The molecule has 1 saturated heterocycles. The summed E-state index contributed by atoms with van der Waals surface area (Å²) in [5.41, 5.74) is 4.50. The van der Waals surface area contributed by atoms with E-state index in [1.165, 1.54) is 10.5 Å². The number of aromatic nitrogens is 2. The Balaban J connectivity index is 1.19. The largest absolute Gasteiger partial charge is 0.356 e. The third-order valence-electron chi connectivity index (χ3n) is 6.38. The number of hydrogen-bond acceptors (Lipinski definition) is 4. The highest BCUT2D eigenvalue weighted by atomic mass is 32.2. The number of benzene rings is 2. The molecule has 164 valence electrons. The molecular weight excluding hydrogens is 416 g/mol. The van der Waals surface area contributed by atoms with Crippen LogP contribution in [0.3, 0.4) is 0 Å². The van der Waals surface area contributed by atoms with Gasteiger partial charge in [-0.1, -0.05) is 24.3 Å². The third kappa shape index (κ3) is 4.19.